The number of hydrogen-bond donors (Lipinski definition) is 2. The van der Waals surface area contributed by atoms with Crippen LogP contribution in [-0.2, 0) is 14.3 Å². The van der Waals surface area contributed by atoms with Crippen LogP contribution in [0.1, 0.15) is 36.5 Å². The molecular weight excluding hydrogens is 384 g/mol. The highest BCUT2D eigenvalue weighted by Crippen LogP contribution is 2.25. The van der Waals surface area contributed by atoms with Crippen LogP contribution in [0.15, 0.2) is 48.5 Å². The fourth-order valence-corrected chi connectivity index (χ4v) is 3.03. The second-order valence-corrected chi connectivity index (χ2v) is 7.06. The van der Waals surface area contributed by atoms with E-state index in [4.69, 9.17) is 14.2 Å². The fraction of sp³-hybridized carbons (Fsp3) is 0.391. The molecule has 1 atom stereocenters. The third kappa shape index (κ3) is 6.49. The van der Waals surface area contributed by atoms with Crippen LogP contribution < -0.4 is 15.4 Å². The number of amides is 1. The fourth-order valence-electron chi connectivity index (χ4n) is 3.03. The minimum Gasteiger partial charge on any atom is -0.489 e. The van der Waals surface area contributed by atoms with Gasteiger partial charge in [0.05, 0.1) is 30.5 Å². The third-order valence-corrected chi connectivity index (χ3v) is 4.62. The van der Waals surface area contributed by atoms with Gasteiger partial charge in [0, 0.05) is 12.3 Å². The number of esters is 1. The zero-order chi connectivity index (χ0) is 21.2. The molecule has 1 aliphatic heterocycles. The van der Waals surface area contributed by atoms with Gasteiger partial charge >= 0.3 is 5.97 Å². The maximum absolute atomic E-state index is 12.4. The predicted octanol–water partition coefficient (Wildman–Crippen LogP) is 3.86. The summed E-state index contributed by atoms with van der Waals surface area (Å²) in [5.41, 5.74) is 1.84. The summed E-state index contributed by atoms with van der Waals surface area (Å²) in [6.07, 6.45) is 2.94. The molecule has 2 aromatic carbocycles. The number of para-hydroxylation sites is 2. The Hall–Kier alpha value is -3.06. The van der Waals surface area contributed by atoms with Crippen LogP contribution in [0, 0.1) is 0 Å². The van der Waals surface area contributed by atoms with Crippen molar-refractivity contribution in [3.63, 3.8) is 0 Å². The summed E-state index contributed by atoms with van der Waals surface area (Å²) in [5, 5.41) is 5.91. The van der Waals surface area contributed by atoms with Gasteiger partial charge in [0.15, 0.2) is 0 Å². The summed E-state index contributed by atoms with van der Waals surface area (Å²) in [6, 6.07) is 14.2. The quantitative estimate of drug-likeness (QED) is 0.577. The van der Waals surface area contributed by atoms with Crippen molar-refractivity contribution in [1.82, 2.24) is 0 Å². The molecule has 1 unspecified atom stereocenters. The van der Waals surface area contributed by atoms with Crippen molar-refractivity contribution < 1.29 is 23.8 Å². The lowest BCUT2D eigenvalue weighted by molar-refractivity contribution is -0.114. The van der Waals surface area contributed by atoms with Crippen molar-refractivity contribution in [1.29, 1.82) is 0 Å². The normalized spacial score (nSPS) is 15.4. The number of benzene rings is 2. The molecule has 0 aliphatic carbocycles. The lowest BCUT2D eigenvalue weighted by atomic mass is 10.2. The summed E-state index contributed by atoms with van der Waals surface area (Å²) in [5.74, 6) is 0.0756. The van der Waals surface area contributed by atoms with E-state index in [-0.39, 0.29) is 24.5 Å². The van der Waals surface area contributed by atoms with Gasteiger partial charge in [0.2, 0.25) is 5.91 Å². The standard InChI is InChI=1S/C23H28N2O5/c1-2-13-29-23(27)17-9-11-18(12-10-17)24-15-22(26)25-20-7-3-4-8-21(20)30-16-19-6-5-14-28-19/h3-4,7-12,19,24H,2,5-6,13-16H2,1H3,(H,25,26). The molecule has 7 heteroatoms. The Morgan fingerprint density at radius 3 is 2.67 bits per heavy atom. The van der Waals surface area contributed by atoms with Gasteiger partial charge in [-0.25, -0.2) is 4.79 Å². The molecule has 1 fully saturated rings. The summed E-state index contributed by atoms with van der Waals surface area (Å²) in [7, 11) is 0. The van der Waals surface area contributed by atoms with Crippen molar-refractivity contribution in [2.45, 2.75) is 32.3 Å². The van der Waals surface area contributed by atoms with E-state index >= 15 is 0 Å². The first-order valence-corrected chi connectivity index (χ1v) is 10.3. The van der Waals surface area contributed by atoms with E-state index in [0.717, 1.165) is 31.6 Å². The molecule has 2 aromatic rings. The van der Waals surface area contributed by atoms with Crippen molar-refractivity contribution >= 4 is 23.3 Å². The highest BCUT2D eigenvalue weighted by Gasteiger charge is 2.17. The highest BCUT2D eigenvalue weighted by molar-refractivity contribution is 5.95. The van der Waals surface area contributed by atoms with E-state index in [0.29, 0.717) is 30.2 Å². The van der Waals surface area contributed by atoms with Gasteiger partial charge in [0.1, 0.15) is 12.4 Å². The third-order valence-electron chi connectivity index (χ3n) is 4.62. The van der Waals surface area contributed by atoms with Gasteiger partial charge in [0.25, 0.3) is 0 Å². The van der Waals surface area contributed by atoms with Gasteiger partial charge in [-0.05, 0) is 55.7 Å². The second kappa shape index (κ2) is 11.2. The molecule has 160 valence electrons. The van der Waals surface area contributed by atoms with Crippen LogP contribution in [0.3, 0.4) is 0 Å². The number of anilines is 2. The van der Waals surface area contributed by atoms with Crippen molar-refractivity contribution in [2.75, 3.05) is 37.0 Å². The van der Waals surface area contributed by atoms with Gasteiger partial charge in [-0.3, -0.25) is 4.79 Å². The first-order valence-electron chi connectivity index (χ1n) is 10.3. The molecule has 1 aliphatic rings. The smallest absolute Gasteiger partial charge is 0.338 e. The molecule has 0 bridgehead atoms. The molecule has 1 heterocycles. The van der Waals surface area contributed by atoms with Crippen LogP contribution >= 0.6 is 0 Å². The zero-order valence-corrected chi connectivity index (χ0v) is 17.2. The van der Waals surface area contributed by atoms with Crippen molar-refractivity contribution in [3.05, 3.63) is 54.1 Å². The molecule has 30 heavy (non-hydrogen) atoms. The SMILES string of the molecule is CCCOC(=O)c1ccc(NCC(=O)Nc2ccccc2OCC2CCCO2)cc1. The van der Waals surface area contributed by atoms with Crippen molar-refractivity contribution in [2.24, 2.45) is 0 Å². The first kappa shape index (κ1) is 21.6. The van der Waals surface area contributed by atoms with E-state index in [9.17, 15) is 9.59 Å². The average Bonchev–Trinajstić information content (AvgIpc) is 3.29. The molecule has 0 saturated carbocycles. The Labute approximate surface area is 176 Å². The molecule has 1 amide bonds. The lowest BCUT2D eigenvalue weighted by Gasteiger charge is -2.15. The molecule has 3 rings (SSSR count). The minimum atomic E-state index is -0.347. The molecule has 0 radical (unpaired) electrons. The minimum absolute atomic E-state index is 0.0830. The number of carbonyl (C=O) groups is 2. The Morgan fingerprint density at radius 2 is 1.93 bits per heavy atom. The predicted molar refractivity (Wildman–Crippen MR) is 115 cm³/mol. The molecule has 0 spiro atoms. The molecule has 2 N–H and O–H groups in total. The lowest BCUT2D eigenvalue weighted by Crippen LogP contribution is -2.23. The maximum atomic E-state index is 12.4. The number of carbonyl (C=O) groups excluding carboxylic acids is 2. The van der Waals surface area contributed by atoms with E-state index in [2.05, 4.69) is 10.6 Å². The molecule has 1 saturated heterocycles. The summed E-state index contributed by atoms with van der Waals surface area (Å²) in [6.45, 7) is 3.68. The monoisotopic (exact) mass is 412 g/mol. The first-order chi connectivity index (χ1) is 14.7. The van der Waals surface area contributed by atoms with Crippen LogP contribution in [0.25, 0.3) is 0 Å². The van der Waals surface area contributed by atoms with E-state index in [1.165, 1.54) is 0 Å². The van der Waals surface area contributed by atoms with Crippen LogP contribution in [0.2, 0.25) is 0 Å². The number of ether oxygens (including phenoxy) is 3. The molecule has 0 aromatic heterocycles. The topological polar surface area (TPSA) is 85.9 Å². The number of rotatable bonds is 10. The molecular formula is C23H28N2O5. The van der Waals surface area contributed by atoms with Crippen LogP contribution in [-0.4, -0.2) is 44.3 Å². The average molecular weight is 412 g/mol. The molecule has 7 nitrogen and oxygen atoms in total. The Bertz CT molecular complexity index is 832. The summed E-state index contributed by atoms with van der Waals surface area (Å²) in [4.78, 5) is 24.2. The van der Waals surface area contributed by atoms with E-state index < -0.39 is 0 Å². The Balaban J connectivity index is 1.48. The summed E-state index contributed by atoms with van der Waals surface area (Å²) >= 11 is 0. The Morgan fingerprint density at radius 1 is 1.13 bits per heavy atom. The van der Waals surface area contributed by atoms with Gasteiger partial charge in [-0.2, -0.15) is 0 Å². The van der Waals surface area contributed by atoms with Gasteiger partial charge in [-0.1, -0.05) is 19.1 Å². The van der Waals surface area contributed by atoms with Gasteiger partial charge in [-0.15, -0.1) is 0 Å². The highest BCUT2D eigenvalue weighted by atomic mass is 16.5. The number of hydrogen-bond acceptors (Lipinski definition) is 6. The Kier molecular flexibility index (Phi) is 8.09. The van der Waals surface area contributed by atoms with Gasteiger partial charge < -0.3 is 24.8 Å². The summed E-state index contributed by atoms with van der Waals surface area (Å²) < 4.78 is 16.5. The second-order valence-electron chi connectivity index (χ2n) is 7.06. The van der Waals surface area contributed by atoms with Crippen molar-refractivity contribution in [3.8, 4) is 5.75 Å². The zero-order valence-electron chi connectivity index (χ0n) is 17.2. The van der Waals surface area contributed by atoms with E-state index in [1.807, 2.05) is 25.1 Å². The van der Waals surface area contributed by atoms with E-state index in [1.54, 1.807) is 30.3 Å². The number of nitrogens with one attached hydrogen (secondary N) is 2. The van der Waals surface area contributed by atoms with Crippen LogP contribution in [0.5, 0.6) is 5.75 Å². The maximum Gasteiger partial charge on any atom is 0.338 e. The largest absolute Gasteiger partial charge is 0.489 e. The van der Waals surface area contributed by atoms with Crippen LogP contribution in [0.4, 0.5) is 11.4 Å².